The van der Waals surface area contributed by atoms with Gasteiger partial charge in [0.05, 0.1) is 6.54 Å². The van der Waals surface area contributed by atoms with Gasteiger partial charge in [0.1, 0.15) is 0 Å². The minimum absolute atomic E-state index is 0.370. The third-order valence-electron chi connectivity index (χ3n) is 3.73. The van der Waals surface area contributed by atoms with Gasteiger partial charge in [0.2, 0.25) is 5.89 Å². The molecule has 1 N–H and O–H groups in total. The zero-order valence-electron chi connectivity index (χ0n) is 12.1. The molecule has 0 amide bonds. The van der Waals surface area contributed by atoms with Crippen molar-refractivity contribution in [1.29, 1.82) is 0 Å². The lowest BCUT2D eigenvalue weighted by molar-refractivity contribution is 0.357. The fraction of sp³-hybridized carbons (Fsp3) is 0.500. The van der Waals surface area contributed by atoms with Crippen LogP contribution in [0.15, 0.2) is 28.8 Å². The molecule has 0 saturated carbocycles. The highest BCUT2D eigenvalue weighted by molar-refractivity contribution is 5.34. The largest absolute Gasteiger partial charge is 0.338 e. The van der Waals surface area contributed by atoms with E-state index in [4.69, 9.17) is 4.52 Å². The number of nitrogens with zero attached hydrogens (tertiary/aromatic N) is 2. The van der Waals surface area contributed by atoms with Gasteiger partial charge in [-0.15, -0.1) is 0 Å². The average Bonchev–Trinajstić information content (AvgIpc) is 3.03. The Hall–Kier alpha value is -1.68. The number of nitrogens with one attached hydrogen (secondary N) is 1. The topological polar surface area (TPSA) is 51.0 Å². The molecule has 1 aromatic carbocycles. The highest BCUT2D eigenvalue weighted by Gasteiger charge is 2.26. The Morgan fingerprint density at radius 3 is 2.60 bits per heavy atom. The van der Waals surface area contributed by atoms with Crippen molar-refractivity contribution < 1.29 is 4.52 Å². The minimum atomic E-state index is 0.370. The Balaban J connectivity index is 1.61. The zero-order valence-corrected chi connectivity index (χ0v) is 12.1. The van der Waals surface area contributed by atoms with Gasteiger partial charge in [-0.05, 0) is 36.4 Å². The van der Waals surface area contributed by atoms with Crippen LogP contribution in [0.25, 0.3) is 0 Å². The van der Waals surface area contributed by atoms with Crippen LogP contribution < -0.4 is 5.32 Å². The molecule has 0 radical (unpaired) electrons. The molecule has 2 aromatic rings. The first-order chi connectivity index (χ1) is 9.72. The molecule has 0 atom stereocenters. The molecule has 1 aromatic heterocycles. The van der Waals surface area contributed by atoms with E-state index in [1.165, 1.54) is 11.1 Å². The molecule has 4 heteroatoms. The van der Waals surface area contributed by atoms with Crippen LogP contribution in [-0.4, -0.2) is 16.7 Å². The summed E-state index contributed by atoms with van der Waals surface area (Å²) in [6.07, 6.45) is 2.04. The van der Waals surface area contributed by atoms with Gasteiger partial charge in [0.25, 0.3) is 0 Å². The lowest BCUT2D eigenvalue weighted by atomic mass is 10.1. The average molecular weight is 271 g/mol. The van der Waals surface area contributed by atoms with Crippen LogP contribution in [0.5, 0.6) is 0 Å². The molecule has 0 saturated heterocycles. The molecule has 1 aliphatic carbocycles. The number of fused-ring (bicyclic) bond motifs is 1. The smallest absolute Gasteiger partial charge is 0.240 e. The van der Waals surface area contributed by atoms with Crippen molar-refractivity contribution in [2.75, 3.05) is 6.54 Å². The third-order valence-corrected chi connectivity index (χ3v) is 3.73. The Bertz CT molecular complexity index is 552. The molecule has 20 heavy (non-hydrogen) atoms. The quantitative estimate of drug-likeness (QED) is 0.908. The molecule has 4 nitrogen and oxygen atoms in total. The molecule has 1 aliphatic rings. The predicted octanol–water partition coefficient (Wildman–Crippen LogP) is 2.70. The van der Waals surface area contributed by atoms with Gasteiger partial charge in [0.15, 0.2) is 5.82 Å². The van der Waals surface area contributed by atoms with E-state index in [-0.39, 0.29) is 0 Å². The van der Waals surface area contributed by atoms with Crippen LogP contribution in [-0.2, 0) is 19.4 Å². The summed E-state index contributed by atoms with van der Waals surface area (Å²) < 4.78 is 5.33. The summed E-state index contributed by atoms with van der Waals surface area (Å²) in [7, 11) is 0. The second-order valence-electron chi connectivity index (χ2n) is 5.94. The summed E-state index contributed by atoms with van der Waals surface area (Å²) in [6.45, 7) is 5.99. The Labute approximate surface area is 119 Å². The Morgan fingerprint density at radius 2 is 1.95 bits per heavy atom. The van der Waals surface area contributed by atoms with E-state index in [2.05, 4.69) is 53.6 Å². The maximum Gasteiger partial charge on any atom is 0.240 e. The summed E-state index contributed by atoms with van der Waals surface area (Å²) in [5.74, 6) is 2.54. The second kappa shape index (κ2) is 5.75. The van der Waals surface area contributed by atoms with E-state index in [1.54, 1.807) is 0 Å². The number of hydrogen-bond donors (Lipinski definition) is 1. The maximum absolute atomic E-state index is 5.33. The van der Waals surface area contributed by atoms with Gasteiger partial charge in [-0.1, -0.05) is 43.3 Å². The summed E-state index contributed by atoms with van der Waals surface area (Å²) in [5.41, 5.74) is 2.84. The van der Waals surface area contributed by atoms with Gasteiger partial charge >= 0.3 is 0 Å². The number of benzene rings is 1. The normalized spacial score (nSPS) is 14.9. The highest BCUT2D eigenvalue weighted by Crippen LogP contribution is 2.32. The standard InChI is InChI=1S/C16H21N3O/c1-11(2)9-17-10-15-18-16(19-20-15)14-7-12-5-3-4-6-13(12)8-14/h3-6,11,14,17H,7-10H2,1-2H3. The van der Waals surface area contributed by atoms with Crippen LogP contribution in [0.3, 0.4) is 0 Å². The van der Waals surface area contributed by atoms with Crippen molar-refractivity contribution in [3.63, 3.8) is 0 Å². The Morgan fingerprint density at radius 1 is 1.25 bits per heavy atom. The summed E-state index contributed by atoms with van der Waals surface area (Å²) in [5, 5.41) is 7.48. The highest BCUT2D eigenvalue weighted by atomic mass is 16.5. The first kappa shape index (κ1) is 13.3. The fourth-order valence-corrected chi connectivity index (χ4v) is 2.71. The van der Waals surface area contributed by atoms with Gasteiger partial charge < -0.3 is 9.84 Å². The maximum atomic E-state index is 5.33. The molecule has 0 fully saturated rings. The van der Waals surface area contributed by atoms with Gasteiger partial charge in [-0.25, -0.2) is 0 Å². The van der Waals surface area contributed by atoms with Gasteiger partial charge in [-0.3, -0.25) is 0 Å². The van der Waals surface area contributed by atoms with E-state index >= 15 is 0 Å². The number of rotatable bonds is 5. The molecule has 3 rings (SSSR count). The first-order valence-electron chi connectivity index (χ1n) is 7.32. The molecule has 1 heterocycles. The van der Waals surface area contributed by atoms with Crippen molar-refractivity contribution in [2.24, 2.45) is 5.92 Å². The molecule has 0 spiro atoms. The molecule has 0 unspecified atom stereocenters. The number of hydrogen-bond acceptors (Lipinski definition) is 4. The lowest BCUT2D eigenvalue weighted by Gasteiger charge is -2.03. The first-order valence-corrected chi connectivity index (χ1v) is 7.32. The van der Waals surface area contributed by atoms with Crippen LogP contribution in [0, 0.1) is 5.92 Å². The predicted molar refractivity (Wildman–Crippen MR) is 77.4 cm³/mol. The molecule has 106 valence electrons. The van der Waals surface area contributed by atoms with Crippen LogP contribution >= 0.6 is 0 Å². The molecule has 0 bridgehead atoms. The van der Waals surface area contributed by atoms with Crippen molar-refractivity contribution >= 4 is 0 Å². The lowest BCUT2D eigenvalue weighted by Crippen LogP contribution is -2.19. The van der Waals surface area contributed by atoms with Gasteiger partial charge in [0, 0.05) is 5.92 Å². The summed E-state index contributed by atoms with van der Waals surface area (Å²) >= 11 is 0. The summed E-state index contributed by atoms with van der Waals surface area (Å²) in [4.78, 5) is 4.53. The summed E-state index contributed by atoms with van der Waals surface area (Å²) in [6, 6.07) is 8.58. The zero-order chi connectivity index (χ0) is 13.9. The van der Waals surface area contributed by atoms with Crippen LogP contribution in [0.1, 0.15) is 42.6 Å². The minimum Gasteiger partial charge on any atom is -0.338 e. The van der Waals surface area contributed by atoms with Crippen LogP contribution in [0.2, 0.25) is 0 Å². The van der Waals surface area contributed by atoms with E-state index in [0.29, 0.717) is 24.3 Å². The Kier molecular flexibility index (Phi) is 3.83. The van der Waals surface area contributed by atoms with E-state index in [0.717, 1.165) is 25.2 Å². The van der Waals surface area contributed by atoms with Crippen molar-refractivity contribution in [3.8, 4) is 0 Å². The fourth-order valence-electron chi connectivity index (χ4n) is 2.71. The van der Waals surface area contributed by atoms with Crippen molar-refractivity contribution in [2.45, 2.75) is 39.2 Å². The van der Waals surface area contributed by atoms with Crippen molar-refractivity contribution in [3.05, 3.63) is 47.1 Å². The van der Waals surface area contributed by atoms with Gasteiger partial charge in [-0.2, -0.15) is 4.98 Å². The second-order valence-corrected chi connectivity index (χ2v) is 5.94. The molecular weight excluding hydrogens is 250 g/mol. The third kappa shape index (κ3) is 2.90. The van der Waals surface area contributed by atoms with Crippen LogP contribution in [0.4, 0.5) is 0 Å². The van der Waals surface area contributed by atoms with E-state index in [1.807, 2.05) is 0 Å². The van der Waals surface area contributed by atoms with E-state index < -0.39 is 0 Å². The van der Waals surface area contributed by atoms with E-state index in [9.17, 15) is 0 Å². The molecule has 0 aliphatic heterocycles. The SMILES string of the molecule is CC(C)CNCc1nc(C2Cc3ccccc3C2)no1. The van der Waals surface area contributed by atoms with Crippen molar-refractivity contribution in [1.82, 2.24) is 15.5 Å². The monoisotopic (exact) mass is 271 g/mol. The number of aromatic nitrogens is 2. The molecular formula is C16H21N3O.